The molecule has 0 bridgehead atoms. The Hall–Kier alpha value is -1.39. The molecule has 0 heterocycles. The van der Waals surface area contributed by atoms with Crippen molar-refractivity contribution >= 4 is 20.6 Å². The van der Waals surface area contributed by atoms with Crippen molar-refractivity contribution < 1.29 is 8.42 Å². The van der Waals surface area contributed by atoms with Crippen LogP contribution < -0.4 is 5.32 Å². The van der Waals surface area contributed by atoms with E-state index in [4.69, 9.17) is 0 Å². The van der Waals surface area contributed by atoms with Crippen LogP contribution in [0.4, 0.5) is 0 Å². The average molecular weight is 289 g/mol. The Morgan fingerprint density at radius 1 is 1.05 bits per heavy atom. The fraction of sp³-hybridized carbons (Fsp3) is 0.375. The van der Waals surface area contributed by atoms with Crippen LogP contribution in [0.1, 0.15) is 19.3 Å². The molecule has 0 amide bonds. The number of hydrogen-bond acceptors (Lipinski definition) is 3. The minimum atomic E-state index is -3.25. The molecule has 0 aromatic heterocycles. The maximum absolute atomic E-state index is 12.8. The molecule has 2 unspecified atom stereocenters. The molecule has 2 aromatic rings. The predicted molar refractivity (Wildman–Crippen MR) is 81.6 cm³/mol. The minimum Gasteiger partial charge on any atom is -0.316 e. The summed E-state index contributed by atoms with van der Waals surface area (Å²) in [6, 6.07) is 13.4. The van der Waals surface area contributed by atoms with Crippen LogP contribution in [0, 0.1) is 0 Å². The normalized spacial score (nSPS) is 23.2. The summed E-state index contributed by atoms with van der Waals surface area (Å²) in [4.78, 5) is 0.448. The third-order valence-corrected chi connectivity index (χ3v) is 6.54. The first-order chi connectivity index (χ1) is 9.63. The van der Waals surface area contributed by atoms with Gasteiger partial charge in [0.2, 0.25) is 0 Å². The number of nitrogens with one attached hydrogen (secondary N) is 1. The van der Waals surface area contributed by atoms with Gasteiger partial charge in [0, 0.05) is 6.04 Å². The van der Waals surface area contributed by atoms with Crippen LogP contribution in [-0.4, -0.2) is 26.8 Å². The van der Waals surface area contributed by atoms with E-state index in [1.54, 1.807) is 12.1 Å². The molecular weight excluding hydrogens is 270 g/mol. The SMILES string of the molecule is CNC1CCCC1S(=O)(=O)c1ccc2ccccc2c1. The summed E-state index contributed by atoms with van der Waals surface area (Å²) in [5.74, 6) is 0. The first-order valence-electron chi connectivity index (χ1n) is 7.03. The Labute approximate surface area is 119 Å². The van der Waals surface area contributed by atoms with Gasteiger partial charge in [-0.05, 0) is 42.8 Å². The second-order valence-corrected chi connectivity index (χ2v) is 7.59. The van der Waals surface area contributed by atoms with Crippen molar-refractivity contribution in [3.63, 3.8) is 0 Å². The maximum atomic E-state index is 12.8. The molecule has 20 heavy (non-hydrogen) atoms. The van der Waals surface area contributed by atoms with Crippen LogP contribution in [0.25, 0.3) is 10.8 Å². The van der Waals surface area contributed by atoms with Gasteiger partial charge in [-0.1, -0.05) is 36.8 Å². The van der Waals surface area contributed by atoms with Crippen LogP contribution in [-0.2, 0) is 9.84 Å². The number of benzene rings is 2. The number of rotatable bonds is 3. The van der Waals surface area contributed by atoms with Crippen molar-refractivity contribution in [1.29, 1.82) is 0 Å². The molecule has 1 saturated carbocycles. The van der Waals surface area contributed by atoms with Crippen LogP contribution in [0.5, 0.6) is 0 Å². The van der Waals surface area contributed by atoms with Gasteiger partial charge in [-0.2, -0.15) is 0 Å². The Morgan fingerprint density at radius 2 is 1.80 bits per heavy atom. The van der Waals surface area contributed by atoms with Crippen LogP contribution in [0.2, 0.25) is 0 Å². The quantitative estimate of drug-likeness (QED) is 0.945. The Morgan fingerprint density at radius 3 is 2.55 bits per heavy atom. The third kappa shape index (κ3) is 2.23. The smallest absolute Gasteiger partial charge is 0.182 e. The second kappa shape index (κ2) is 5.19. The summed E-state index contributed by atoms with van der Waals surface area (Å²) in [5, 5.41) is 4.90. The Bertz CT molecular complexity index is 724. The summed E-state index contributed by atoms with van der Waals surface area (Å²) in [5.41, 5.74) is 0. The summed E-state index contributed by atoms with van der Waals surface area (Å²) >= 11 is 0. The molecule has 2 atom stereocenters. The first kappa shape index (κ1) is 13.6. The van der Waals surface area contributed by atoms with Crippen molar-refractivity contribution in [3.8, 4) is 0 Å². The lowest BCUT2D eigenvalue weighted by Gasteiger charge is -2.19. The van der Waals surface area contributed by atoms with E-state index in [1.807, 2.05) is 37.4 Å². The lowest BCUT2D eigenvalue weighted by Crippen LogP contribution is -2.38. The third-order valence-electron chi connectivity index (χ3n) is 4.27. The average Bonchev–Trinajstić information content (AvgIpc) is 2.96. The van der Waals surface area contributed by atoms with Gasteiger partial charge in [0.05, 0.1) is 10.1 Å². The molecule has 1 N–H and O–H groups in total. The van der Waals surface area contributed by atoms with E-state index in [1.165, 1.54) is 0 Å². The second-order valence-electron chi connectivity index (χ2n) is 5.42. The predicted octanol–water partition coefficient (Wildman–Crippen LogP) is 2.75. The molecule has 106 valence electrons. The van der Waals surface area contributed by atoms with Gasteiger partial charge in [0.1, 0.15) is 0 Å². The van der Waals surface area contributed by atoms with E-state index in [2.05, 4.69) is 5.32 Å². The topological polar surface area (TPSA) is 46.2 Å². The minimum absolute atomic E-state index is 0.0754. The van der Waals surface area contributed by atoms with Crippen molar-refractivity contribution in [3.05, 3.63) is 42.5 Å². The van der Waals surface area contributed by atoms with Gasteiger partial charge in [0.25, 0.3) is 0 Å². The standard InChI is InChI=1S/C16H19NO2S/c1-17-15-7-4-8-16(15)20(18,19)14-10-9-12-5-2-3-6-13(12)11-14/h2-3,5-6,9-11,15-17H,4,7-8H2,1H3. The number of fused-ring (bicyclic) bond motifs is 1. The molecule has 4 heteroatoms. The van der Waals surface area contributed by atoms with Gasteiger partial charge in [-0.3, -0.25) is 0 Å². The van der Waals surface area contributed by atoms with Crippen molar-refractivity contribution in [2.24, 2.45) is 0 Å². The summed E-state index contributed by atoms with van der Waals surface area (Å²) in [6.07, 6.45) is 2.66. The zero-order valence-electron chi connectivity index (χ0n) is 11.5. The fourth-order valence-electron chi connectivity index (χ4n) is 3.15. The zero-order chi connectivity index (χ0) is 14.2. The molecule has 0 aliphatic heterocycles. The molecule has 3 nitrogen and oxygen atoms in total. The van der Waals surface area contributed by atoms with Crippen molar-refractivity contribution in [2.45, 2.75) is 35.4 Å². The monoisotopic (exact) mass is 289 g/mol. The summed E-state index contributed by atoms with van der Waals surface area (Å²) in [6.45, 7) is 0. The van der Waals surface area contributed by atoms with Crippen molar-refractivity contribution in [2.75, 3.05) is 7.05 Å². The highest BCUT2D eigenvalue weighted by Gasteiger charge is 2.37. The van der Waals surface area contributed by atoms with E-state index in [-0.39, 0.29) is 11.3 Å². The lowest BCUT2D eigenvalue weighted by molar-refractivity contribution is 0.538. The van der Waals surface area contributed by atoms with Gasteiger partial charge in [-0.25, -0.2) is 8.42 Å². The summed E-state index contributed by atoms with van der Waals surface area (Å²) in [7, 11) is -1.41. The Kier molecular flexibility index (Phi) is 3.52. The van der Waals surface area contributed by atoms with Gasteiger partial charge < -0.3 is 5.32 Å². The van der Waals surface area contributed by atoms with E-state index in [0.29, 0.717) is 4.90 Å². The molecular formula is C16H19NO2S. The summed E-state index contributed by atoms with van der Waals surface area (Å²) < 4.78 is 25.6. The number of sulfone groups is 1. The molecule has 0 radical (unpaired) electrons. The van der Waals surface area contributed by atoms with Crippen molar-refractivity contribution in [1.82, 2.24) is 5.32 Å². The van der Waals surface area contributed by atoms with Crippen LogP contribution >= 0.6 is 0 Å². The van der Waals surface area contributed by atoms with Gasteiger partial charge in [-0.15, -0.1) is 0 Å². The molecule has 3 rings (SSSR count). The van der Waals surface area contributed by atoms with E-state index < -0.39 is 9.84 Å². The van der Waals surface area contributed by atoms with Gasteiger partial charge >= 0.3 is 0 Å². The van der Waals surface area contributed by atoms with E-state index in [9.17, 15) is 8.42 Å². The fourth-order valence-corrected chi connectivity index (χ4v) is 5.23. The van der Waals surface area contributed by atoms with Crippen LogP contribution in [0.15, 0.2) is 47.4 Å². The van der Waals surface area contributed by atoms with Crippen LogP contribution in [0.3, 0.4) is 0 Å². The molecule has 1 aliphatic rings. The molecule has 1 fully saturated rings. The lowest BCUT2D eigenvalue weighted by atomic mass is 10.1. The molecule has 2 aromatic carbocycles. The van der Waals surface area contributed by atoms with E-state index in [0.717, 1.165) is 30.0 Å². The van der Waals surface area contributed by atoms with E-state index >= 15 is 0 Å². The largest absolute Gasteiger partial charge is 0.316 e. The molecule has 0 saturated heterocycles. The molecule has 0 spiro atoms. The molecule has 1 aliphatic carbocycles. The highest BCUT2D eigenvalue weighted by atomic mass is 32.2. The first-order valence-corrected chi connectivity index (χ1v) is 8.57. The Balaban J connectivity index is 2.04. The highest BCUT2D eigenvalue weighted by Crippen LogP contribution is 2.31. The maximum Gasteiger partial charge on any atom is 0.182 e. The van der Waals surface area contributed by atoms with Gasteiger partial charge in [0.15, 0.2) is 9.84 Å². The zero-order valence-corrected chi connectivity index (χ0v) is 12.4. The number of hydrogen-bond donors (Lipinski definition) is 1. The highest BCUT2D eigenvalue weighted by molar-refractivity contribution is 7.92.